The molecule has 0 aromatic heterocycles. The van der Waals surface area contributed by atoms with Crippen LogP contribution in [0, 0.1) is 0 Å². The van der Waals surface area contributed by atoms with Gasteiger partial charge in [0, 0.05) is 6.54 Å². The van der Waals surface area contributed by atoms with Crippen LogP contribution in [0.1, 0.15) is 51.3 Å². The summed E-state index contributed by atoms with van der Waals surface area (Å²) < 4.78 is 5.49. The van der Waals surface area contributed by atoms with Crippen molar-refractivity contribution in [2.45, 2.75) is 52.2 Å². The molecule has 1 amide bonds. The Morgan fingerprint density at radius 1 is 1.45 bits per heavy atom. The van der Waals surface area contributed by atoms with Crippen LogP contribution in [0.4, 0.5) is 4.79 Å². The second-order valence-electron chi connectivity index (χ2n) is 6.23. The number of hydrogen-bond donors (Lipinski definition) is 1. The van der Waals surface area contributed by atoms with Gasteiger partial charge in [0.15, 0.2) is 0 Å². The van der Waals surface area contributed by atoms with E-state index in [9.17, 15) is 9.90 Å². The zero-order chi connectivity index (χ0) is 14.9. The highest BCUT2D eigenvalue weighted by Crippen LogP contribution is 2.34. The summed E-state index contributed by atoms with van der Waals surface area (Å²) in [4.78, 5) is 14.1. The molecule has 1 unspecified atom stereocenters. The molecule has 1 heterocycles. The Hall–Kier alpha value is -1.71. The topological polar surface area (TPSA) is 49.8 Å². The monoisotopic (exact) mass is 277 g/mol. The van der Waals surface area contributed by atoms with Gasteiger partial charge in [-0.1, -0.05) is 13.0 Å². The van der Waals surface area contributed by atoms with Crippen LogP contribution in [0.2, 0.25) is 0 Å². The first kappa shape index (κ1) is 14.7. The van der Waals surface area contributed by atoms with E-state index in [0.717, 1.165) is 24.0 Å². The summed E-state index contributed by atoms with van der Waals surface area (Å²) in [5, 5.41) is 9.57. The molecule has 1 aliphatic rings. The molecule has 4 heteroatoms. The van der Waals surface area contributed by atoms with Crippen LogP contribution < -0.4 is 0 Å². The summed E-state index contributed by atoms with van der Waals surface area (Å²) >= 11 is 0. The number of carbonyl (C=O) groups is 1. The highest BCUT2D eigenvalue weighted by Gasteiger charge is 2.32. The number of rotatable bonds is 1. The average Bonchev–Trinajstić information content (AvgIpc) is 2.34. The Kier molecular flexibility index (Phi) is 3.93. The SMILES string of the molecule is CCC1c2ccc(O)cc2CCN1C(=O)OC(C)(C)C. The van der Waals surface area contributed by atoms with Crippen molar-refractivity contribution < 1.29 is 14.6 Å². The van der Waals surface area contributed by atoms with Crippen molar-refractivity contribution in [3.63, 3.8) is 0 Å². The zero-order valence-corrected chi connectivity index (χ0v) is 12.6. The van der Waals surface area contributed by atoms with E-state index in [4.69, 9.17) is 4.74 Å². The molecule has 0 spiro atoms. The number of hydrogen-bond acceptors (Lipinski definition) is 3. The quantitative estimate of drug-likeness (QED) is 0.852. The standard InChI is InChI=1S/C16H23NO3/c1-5-14-13-7-6-12(18)10-11(13)8-9-17(14)15(19)20-16(2,3)4/h6-7,10,14,18H,5,8-9H2,1-4H3. The number of phenolic OH excluding ortho intramolecular Hbond substituents is 1. The van der Waals surface area contributed by atoms with E-state index in [1.807, 2.05) is 26.8 Å². The molecular weight excluding hydrogens is 254 g/mol. The van der Waals surface area contributed by atoms with Crippen molar-refractivity contribution in [1.82, 2.24) is 4.90 Å². The number of ether oxygens (including phenoxy) is 1. The van der Waals surface area contributed by atoms with Gasteiger partial charge in [-0.3, -0.25) is 0 Å². The first-order valence-electron chi connectivity index (χ1n) is 7.13. The van der Waals surface area contributed by atoms with E-state index in [-0.39, 0.29) is 17.9 Å². The van der Waals surface area contributed by atoms with Gasteiger partial charge >= 0.3 is 6.09 Å². The number of nitrogens with zero attached hydrogens (tertiary/aromatic N) is 1. The van der Waals surface area contributed by atoms with Gasteiger partial charge in [-0.2, -0.15) is 0 Å². The van der Waals surface area contributed by atoms with E-state index in [2.05, 4.69) is 6.92 Å². The number of carbonyl (C=O) groups excluding carboxylic acids is 1. The third kappa shape index (κ3) is 3.06. The molecule has 0 bridgehead atoms. The molecule has 1 aliphatic heterocycles. The van der Waals surface area contributed by atoms with Crippen LogP contribution in [0.25, 0.3) is 0 Å². The Morgan fingerprint density at radius 3 is 2.75 bits per heavy atom. The molecule has 0 saturated carbocycles. The summed E-state index contributed by atoms with van der Waals surface area (Å²) in [6.07, 6.45) is 1.32. The molecule has 110 valence electrons. The lowest BCUT2D eigenvalue weighted by Gasteiger charge is -2.37. The Balaban J connectivity index is 2.25. The van der Waals surface area contributed by atoms with Crippen LogP contribution in [-0.2, 0) is 11.2 Å². The maximum absolute atomic E-state index is 12.3. The van der Waals surface area contributed by atoms with Crippen molar-refractivity contribution >= 4 is 6.09 Å². The number of benzene rings is 1. The van der Waals surface area contributed by atoms with Crippen molar-refractivity contribution in [2.75, 3.05) is 6.54 Å². The van der Waals surface area contributed by atoms with Crippen LogP contribution in [0.5, 0.6) is 5.75 Å². The van der Waals surface area contributed by atoms with E-state index in [1.54, 1.807) is 17.0 Å². The maximum atomic E-state index is 12.3. The van der Waals surface area contributed by atoms with Gasteiger partial charge < -0.3 is 14.7 Å². The van der Waals surface area contributed by atoms with E-state index >= 15 is 0 Å². The maximum Gasteiger partial charge on any atom is 0.410 e. The van der Waals surface area contributed by atoms with Gasteiger partial charge in [-0.05, 0) is 56.9 Å². The van der Waals surface area contributed by atoms with Crippen molar-refractivity contribution in [3.8, 4) is 5.75 Å². The molecule has 0 saturated heterocycles. The van der Waals surface area contributed by atoms with E-state index in [0.29, 0.717) is 6.54 Å². The van der Waals surface area contributed by atoms with Crippen LogP contribution in [-0.4, -0.2) is 28.2 Å². The highest BCUT2D eigenvalue weighted by atomic mass is 16.6. The van der Waals surface area contributed by atoms with Gasteiger partial charge in [-0.15, -0.1) is 0 Å². The van der Waals surface area contributed by atoms with Crippen LogP contribution >= 0.6 is 0 Å². The molecule has 20 heavy (non-hydrogen) atoms. The summed E-state index contributed by atoms with van der Waals surface area (Å²) in [6.45, 7) is 8.32. The number of phenols is 1. The summed E-state index contributed by atoms with van der Waals surface area (Å²) in [7, 11) is 0. The normalized spacial score (nSPS) is 18.6. The fraction of sp³-hybridized carbons (Fsp3) is 0.562. The van der Waals surface area contributed by atoms with Gasteiger partial charge in [-0.25, -0.2) is 4.79 Å². The van der Waals surface area contributed by atoms with Gasteiger partial charge in [0.05, 0.1) is 6.04 Å². The lowest BCUT2D eigenvalue weighted by Crippen LogP contribution is -2.42. The Labute approximate surface area is 120 Å². The zero-order valence-electron chi connectivity index (χ0n) is 12.6. The minimum absolute atomic E-state index is 0.0224. The van der Waals surface area contributed by atoms with Gasteiger partial charge in [0.2, 0.25) is 0 Å². The number of amides is 1. The Morgan fingerprint density at radius 2 is 2.15 bits per heavy atom. The first-order chi connectivity index (χ1) is 9.31. The molecule has 0 fully saturated rings. The predicted molar refractivity (Wildman–Crippen MR) is 77.8 cm³/mol. The van der Waals surface area contributed by atoms with Gasteiger partial charge in [0.25, 0.3) is 0 Å². The summed E-state index contributed by atoms with van der Waals surface area (Å²) in [6, 6.07) is 5.41. The molecule has 0 radical (unpaired) electrons. The van der Waals surface area contributed by atoms with E-state index in [1.165, 1.54) is 0 Å². The van der Waals surface area contributed by atoms with Crippen LogP contribution in [0.3, 0.4) is 0 Å². The largest absolute Gasteiger partial charge is 0.508 e. The second kappa shape index (κ2) is 5.35. The second-order valence-corrected chi connectivity index (χ2v) is 6.23. The smallest absolute Gasteiger partial charge is 0.410 e. The summed E-state index contributed by atoms with van der Waals surface area (Å²) in [5.74, 6) is 0.282. The third-order valence-electron chi connectivity index (χ3n) is 3.50. The molecule has 1 aromatic rings. The van der Waals surface area contributed by atoms with Gasteiger partial charge in [0.1, 0.15) is 11.4 Å². The Bertz CT molecular complexity index is 505. The minimum Gasteiger partial charge on any atom is -0.508 e. The number of fused-ring (bicyclic) bond motifs is 1. The minimum atomic E-state index is -0.482. The fourth-order valence-electron chi connectivity index (χ4n) is 2.68. The van der Waals surface area contributed by atoms with E-state index < -0.39 is 5.60 Å². The lowest BCUT2D eigenvalue weighted by molar-refractivity contribution is 0.0137. The molecule has 0 aliphatic carbocycles. The molecule has 1 aromatic carbocycles. The predicted octanol–water partition coefficient (Wildman–Crippen LogP) is 3.64. The van der Waals surface area contributed by atoms with Crippen molar-refractivity contribution in [1.29, 1.82) is 0 Å². The summed E-state index contributed by atoms with van der Waals surface area (Å²) in [5.41, 5.74) is 1.75. The molecule has 4 nitrogen and oxygen atoms in total. The fourth-order valence-corrected chi connectivity index (χ4v) is 2.68. The third-order valence-corrected chi connectivity index (χ3v) is 3.50. The lowest BCUT2D eigenvalue weighted by atomic mass is 9.91. The van der Waals surface area contributed by atoms with Crippen LogP contribution in [0.15, 0.2) is 18.2 Å². The molecular formula is C16H23NO3. The molecule has 1 N–H and O–H groups in total. The van der Waals surface area contributed by atoms with Crippen molar-refractivity contribution in [2.24, 2.45) is 0 Å². The first-order valence-corrected chi connectivity index (χ1v) is 7.13. The van der Waals surface area contributed by atoms with Crippen molar-refractivity contribution in [3.05, 3.63) is 29.3 Å². The highest BCUT2D eigenvalue weighted by molar-refractivity contribution is 5.69. The molecule has 1 atom stereocenters. The number of aromatic hydroxyl groups is 1. The molecule has 2 rings (SSSR count). The average molecular weight is 277 g/mol.